The van der Waals surface area contributed by atoms with E-state index < -0.39 is 12.9 Å². The number of rotatable bonds is 5. The van der Waals surface area contributed by atoms with Crippen molar-refractivity contribution in [1.82, 2.24) is 0 Å². The fourth-order valence-electron chi connectivity index (χ4n) is 1.18. The third kappa shape index (κ3) is 2.85. The lowest BCUT2D eigenvalue weighted by Crippen LogP contribution is -2.34. The van der Waals surface area contributed by atoms with Crippen molar-refractivity contribution in [2.45, 2.75) is 0 Å². The number of methoxy groups -OCH3 is 2. The Balaban J connectivity index is 3.12. The van der Waals surface area contributed by atoms with Crippen molar-refractivity contribution in [3.05, 3.63) is 17.9 Å². The van der Waals surface area contributed by atoms with Gasteiger partial charge in [0.25, 0.3) is 0 Å². The Morgan fingerprint density at radius 3 is 2.50 bits per heavy atom. The van der Waals surface area contributed by atoms with Gasteiger partial charge in [-0.3, -0.25) is 0 Å². The summed E-state index contributed by atoms with van der Waals surface area (Å²) < 4.78 is 27.9. The quantitative estimate of drug-likeness (QED) is 0.527. The summed E-state index contributed by atoms with van der Waals surface area (Å²) in [6.07, 6.45) is 0. The number of hydrogen-bond donors (Lipinski definition) is 2. The van der Waals surface area contributed by atoms with Crippen LogP contribution in [0.25, 0.3) is 0 Å². The summed E-state index contributed by atoms with van der Waals surface area (Å²) in [7, 11) is 0.799. The Hall–Kier alpha value is -1.31. The number of benzene rings is 1. The molecule has 1 aromatic rings. The van der Waals surface area contributed by atoms with Crippen LogP contribution in [-0.2, 0) is 4.74 Å². The van der Waals surface area contributed by atoms with E-state index in [2.05, 4.69) is 4.74 Å². The monoisotopic (exact) mass is 230 g/mol. The van der Waals surface area contributed by atoms with E-state index in [-0.39, 0.29) is 23.8 Å². The average Bonchev–Trinajstić information content (AvgIpc) is 2.24. The SMILES string of the molecule is COCOc1cc(OC)cc(F)c1B(O)O. The van der Waals surface area contributed by atoms with Crippen molar-refractivity contribution >= 4 is 12.6 Å². The summed E-state index contributed by atoms with van der Waals surface area (Å²) in [4.78, 5) is 0. The summed E-state index contributed by atoms with van der Waals surface area (Å²) in [5.74, 6) is -0.637. The molecule has 0 aliphatic carbocycles. The van der Waals surface area contributed by atoms with Gasteiger partial charge >= 0.3 is 7.12 Å². The molecular weight excluding hydrogens is 218 g/mol. The topological polar surface area (TPSA) is 68.2 Å². The van der Waals surface area contributed by atoms with Gasteiger partial charge in [0.15, 0.2) is 6.79 Å². The Bertz CT molecular complexity index is 358. The Morgan fingerprint density at radius 2 is 2.00 bits per heavy atom. The molecule has 5 nitrogen and oxygen atoms in total. The van der Waals surface area contributed by atoms with E-state index in [0.29, 0.717) is 0 Å². The highest BCUT2D eigenvalue weighted by Crippen LogP contribution is 2.20. The molecule has 0 amide bonds. The van der Waals surface area contributed by atoms with Crippen molar-refractivity contribution in [2.24, 2.45) is 0 Å². The summed E-state index contributed by atoms with van der Waals surface area (Å²) >= 11 is 0. The molecule has 88 valence electrons. The smallest absolute Gasteiger partial charge is 0.495 e. The first-order valence-corrected chi connectivity index (χ1v) is 4.45. The van der Waals surface area contributed by atoms with Gasteiger partial charge in [0.05, 0.1) is 12.6 Å². The van der Waals surface area contributed by atoms with Crippen LogP contribution < -0.4 is 14.9 Å². The lowest BCUT2D eigenvalue weighted by Gasteiger charge is -2.12. The molecule has 16 heavy (non-hydrogen) atoms. The molecule has 0 aliphatic heterocycles. The molecule has 0 aromatic heterocycles. The molecular formula is C9H12BFO5. The molecule has 7 heteroatoms. The van der Waals surface area contributed by atoms with E-state index in [9.17, 15) is 4.39 Å². The summed E-state index contributed by atoms with van der Waals surface area (Å²) in [5.41, 5.74) is -0.349. The van der Waals surface area contributed by atoms with Crippen LogP contribution in [0.15, 0.2) is 12.1 Å². The van der Waals surface area contributed by atoms with Crippen LogP contribution in [-0.4, -0.2) is 38.2 Å². The first kappa shape index (κ1) is 12.8. The molecule has 0 aliphatic rings. The Morgan fingerprint density at radius 1 is 1.31 bits per heavy atom. The van der Waals surface area contributed by atoms with Crippen molar-refractivity contribution in [3.8, 4) is 11.5 Å². The number of ether oxygens (including phenoxy) is 3. The van der Waals surface area contributed by atoms with Gasteiger partial charge in [-0.1, -0.05) is 0 Å². The minimum absolute atomic E-state index is 0.0336. The lowest BCUT2D eigenvalue weighted by molar-refractivity contribution is 0.0514. The molecule has 1 rings (SSSR count). The summed E-state index contributed by atoms with van der Waals surface area (Å²) in [6, 6.07) is 2.38. The van der Waals surface area contributed by atoms with Crippen LogP contribution in [0.5, 0.6) is 11.5 Å². The fourth-order valence-corrected chi connectivity index (χ4v) is 1.18. The molecule has 1 aromatic carbocycles. The van der Waals surface area contributed by atoms with Crippen LogP contribution in [0.1, 0.15) is 0 Å². The first-order chi connectivity index (χ1) is 7.60. The van der Waals surface area contributed by atoms with Crippen LogP contribution in [0.4, 0.5) is 4.39 Å². The minimum Gasteiger partial charge on any atom is -0.497 e. The van der Waals surface area contributed by atoms with Crippen molar-refractivity contribution < 1.29 is 28.6 Å². The van der Waals surface area contributed by atoms with Gasteiger partial charge in [0, 0.05) is 19.2 Å². The molecule has 0 saturated carbocycles. The number of hydrogen-bond acceptors (Lipinski definition) is 5. The van der Waals surface area contributed by atoms with Crippen molar-refractivity contribution in [3.63, 3.8) is 0 Å². The molecule has 0 fully saturated rings. The summed E-state index contributed by atoms with van der Waals surface area (Å²) in [6.45, 7) is -0.133. The van der Waals surface area contributed by atoms with E-state index >= 15 is 0 Å². The molecule has 0 heterocycles. The number of halogens is 1. The zero-order chi connectivity index (χ0) is 12.1. The zero-order valence-corrected chi connectivity index (χ0v) is 8.94. The second kappa shape index (κ2) is 5.69. The Labute approximate surface area is 92.5 Å². The van der Waals surface area contributed by atoms with Crippen molar-refractivity contribution in [2.75, 3.05) is 21.0 Å². The van der Waals surface area contributed by atoms with Gasteiger partial charge in [0.1, 0.15) is 17.3 Å². The van der Waals surface area contributed by atoms with Crippen LogP contribution in [0.2, 0.25) is 0 Å². The van der Waals surface area contributed by atoms with E-state index in [1.165, 1.54) is 20.3 Å². The molecule has 0 atom stereocenters. The summed E-state index contributed by atoms with van der Waals surface area (Å²) in [5, 5.41) is 18.0. The van der Waals surface area contributed by atoms with Crippen LogP contribution in [0.3, 0.4) is 0 Å². The maximum atomic E-state index is 13.5. The van der Waals surface area contributed by atoms with Gasteiger partial charge in [-0.15, -0.1) is 0 Å². The third-order valence-corrected chi connectivity index (χ3v) is 1.89. The Kier molecular flexibility index (Phi) is 4.54. The van der Waals surface area contributed by atoms with E-state index in [1.54, 1.807) is 0 Å². The highest BCUT2D eigenvalue weighted by Gasteiger charge is 2.23. The van der Waals surface area contributed by atoms with E-state index in [0.717, 1.165) is 6.07 Å². The molecule has 2 N–H and O–H groups in total. The largest absolute Gasteiger partial charge is 0.497 e. The molecule has 0 radical (unpaired) electrons. The average molecular weight is 230 g/mol. The minimum atomic E-state index is -1.96. The molecule has 0 unspecified atom stereocenters. The predicted molar refractivity (Wildman–Crippen MR) is 55.3 cm³/mol. The van der Waals surface area contributed by atoms with E-state index in [1.807, 2.05) is 0 Å². The van der Waals surface area contributed by atoms with Gasteiger partial charge in [-0.25, -0.2) is 4.39 Å². The highest BCUT2D eigenvalue weighted by molar-refractivity contribution is 6.59. The second-order valence-corrected chi connectivity index (χ2v) is 2.95. The van der Waals surface area contributed by atoms with E-state index in [4.69, 9.17) is 19.5 Å². The van der Waals surface area contributed by atoms with Gasteiger partial charge in [-0.2, -0.15) is 0 Å². The predicted octanol–water partition coefficient (Wildman–Crippen LogP) is -0.503. The second-order valence-electron chi connectivity index (χ2n) is 2.95. The first-order valence-electron chi connectivity index (χ1n) is 4.45. The van der Waals surface area contributed by atoms with Crippen molar-refractivity contribution in [1.29, 1.82) is 0 Å². The third-order valence-electron chi connectivity index (χ3n) is 1.89. The molecule has 0 bridgehead atoms. The molecule has 0 spiro atoms. The zero-order valence-electron chi connectivity index (χ0n) is 8.94. The maximum Gasteiger partial charge on any atom is 0.495 e. The normalized spacial score (nSPS) is 10.1. The standard InChI is InChI=1S/C9H12BFO5/c1-14-5-16-8-4-6(15-2)3-7(11)9(8)10(12)13/h3-4,12-13H,5H2,1-2H3. The van der Waals surface area contributed by atoms with Crippen LogP contribution in [0, 0.1) is 5.82 Å². The van der Waals surface area contributed by atoms with Crippen LogP contribution >= 0.6 is 0 Å². The highest BCUT2D eigenvalue weighted by atomic mass is 19.1. The fraction of sp³-hybridized carbons (Fsp3) is 0.333. The van der Waals surface area contributed by atoms with Gasteiger partial charge < -0.3 is 24.3 Å². The van der Waals surface area contributed by atoms with Gasteiger partial charge in [-0.05, 0) is 0 Å². The molecule has 0 saturated heterocycles. The van der Waals surface area contributed by atoms with Gasteiger partial charge in [0.2, 0.25) is 0 Å². The maximum absolute atomic E-state index is 13.5. The lowest BCUT2D eigenvalue weighted by atomic mass is 9.79.